The molecule has 0 atom stereocenters. The molecule has 0 radical (unpaired) electrons. The van der Waals surface area contributed by atoms with Crippen molar-refractivity contribution in [3.8, 4) is 0 Å². The molecule has 0 aromatic heterocycles. The number of hydrogen-bond donors (Lipinski definition) is 3. The van der Waals surface area contributed by atoms with Crippen LogP contribution in [0.25, 0.3) is 0 Å². The summed E-state index contributed by atoms with van der Waals surface area (Å²) in [5.41, 5.74) is 5.32. The third-order valence-corrected chi connectivity index (χ3v) is 4.50. The van der Waals surface area contributed by atoms with Crippen LogP contribution in [0.15, 0.2) is 30.3 Å². The van der Waals surface area contributed by atoms with E-state index in [1.165, 1.54) is 0 Å². The van der Waals surface area contributed by atoms with E-state index < -0.39 is 5.54 Å². The monoisotopic (exact) mass is 331 g/mol. The standard InChI is InChI=1S/C19H29N3O2/c1-14-10-12-19(13-11-14,17(24)20-18(2,3)4)22-21-16(23)15-8-6-5-7-9-15/h5-9,14,22H,10-13H2,1-4H3,(H,20,24)(H,21,23). The minimum atomic E-state index is -0.746. The van der Waals surface area contributed by atoms with E-state index in [1.54, 1.807) is 12.1 Å². The lowest BCUT2D eigenvalue weighted by molar-refractivity contribution is -0.131. The molecule has 24 heavy (non-hydrogen) atoms. The lowest BCUT2D eigenvalue weighted by Crippen LogP contribution is -2.65. The summed E-state index contributed by atoms with van der Waals surface area (Å²) in [6.45, 7) is 8.10. The second-order valence-electron chi connectivity index (χ2n) is 7.91. The predicted octanol–water partition coefficient (Wildman–Crippen LogP) is 2.78. The molecule has 1 aromatic rings. The highest BCUT2D eigenvalue weighted by molar-refractivity contribution is 5.94. The Balaban J connectivity index is 2.09. The van der Waals surface area contributed by atoms with E-state index in [0.717, 1.165) is 12.8 Å². The van der Waals surface area contributed by atoms with Gasteiger partial charge in [-0.3, -0.25) is 15.0 Å². The number of nitrogens with one attached hydrogen (secondary N) is 3. The minimum absolute atomic E-state index is 0.0461. The molecule has 1 saturated carbocycles. The van der Waals surface area contributed by atoms with E-state index in [2.05, 4.69) is 23.1 Å². The van der Waals surface area contributed by atoms with Crippen molar-refractivity contribution >= 4 is 11.8 Å². The van der Waals surface area contributed by atoms with Gasteiger partial charge in [0.05, 0.1) is 0 Å². The molecule has 5 nitrogen and oxygen atoms in total. The summed E-state index contributed by atoms with van der Waals surface area (Å²) in [5.74, 6) is 0.333. The van der Waals surface area contributed by atoms with Crippen molar-refractivity contribution < 1.29 is 9.59 Å². The molecule has 1 aliphatic carbocycles. The van der Waals surface area contributed by atoms with Gasteiger partial charge in [-0.05, 0) is 64.5 Å². The smallest absolute Gasteiger partial charge is 0.265 e. The average Bonchev–Trinajstić information content (AvgIpc) is 2.53. The largest absolute Gasteiger partial charge is 0.350 e. The number of amides is 2. The van der Waals surface area contributed by atoms with Crippen molar-refractivity contribution in [2.45, 2.75) is 64.5 Å². The molecular formula is C19H29N3O2. The Morgan fingerprint density at radius 2 is 1.67 bits per heavy atom. The van der Waals surface area contributed by atoms with Crippen LogP contribution < -0.4 is 16.2 Å². The third kappa shape index (κ3) is 4.81. The van der Waals surface area contributed by atoms with Crippen LogP contribution in [0.3, 0.4) is 0 Å². The van der Waals surface area contributed by atoms with Crippen LogP contribution in [0.1, 0.15) is 63.7 Å². The second-order valence-corrected chi connectivity index (χ2v) is 7.91. The molecule has 0 unspecified atom stereocenters. The van der Waals surface area contributed by atoms with Crippen molar-refractivity contribution in [2.24, 2.45) is 5.92 Å². The van der Waals surface area contributed by atoms with Crippen LogP contribution in [0.5, 0.6) is 0 Å². The maximum atomic E-state index is 12.9. The molecule has 0 saturated heterocycles. The van der Waals surface area contributed by atoms with Crippen molar-refractivity contribution in [2.75, 3.05) is 0 Å². The summed E-state index contributed by atoms with van der Waals surface area (Å²) in [5, 5.41) is 3.06. The Labute approximate surface area is 144 Å². The first-order valence-corrected chi connectivity index (χ1v) is 8.67. The van der Waals surface area contributed by atoms with Gasteiger partial charge < -0.3 is 5.32 Å². The lowest BCUT2D eigenvalue weighted by atomic mass is 9.76. The van der Waals surface area contributed by atoms with E-state index >= 15 is 0 Å². The molecule has 1 aliphatic rings. The van der Waals surface area contributed by atoms with Crippen molar-refractivity contribution in [3.63, 3.8) is 0 Å². The zero-order valence-electron chi connectivity index (χ0n) is 15.1. The lowest BCUT2D eigenvalue weighted by Gasteiger charge is -2.40. The fourth-order valence-corrected chi connectivity index (χ4v) is 2.96. The Hall–Kier alpha value is -1.88. The van der Waals surface area contributed by atoms with E-state index in [-0.39, 0.29) is 17.4 Å². The summed E-state index contributed by atoms with van der Waals surface area (Å²) in [7, 11) is 0. The number of hydrazine groups is 1. The fraction of sp³-hybridized carbons (Fsp3) is 0.579. The van der Waals surface area contributed by atoms with Crippen LogP contribution in [-0.4, -0.2) is 22.9 Å². The van der Waals surface area contributed by atoms with Gasteiger partial charge in [0.25, 0.3) is 5.91 Å². The third-order valence-electron chi connectivity index (χ3n) is 4.50. The first-order valence-electron chi connectivity index (χ1n) is 8.67. The van der Waals surface area contributed by atoms with E-state index in [9.17, 15) is 9.59 Å². The molecule has 2 amide bonds. The minimum Gasteiger partial charge on any atom is -0.350 e. The molecule has 1 aromatic carbocycles. The van der Waals surface area contributed by atoms with E-state index in [4.69, 9.17) is 0 Å². The number of hydrogen-bond acceptors (Lipinski definition) is 3. The molecule has 0 aliphatic heterocycles. The van der Waals surface area contributed by atoms with E-state index in [0.29, 0.717) is 24.3 Å². The maximum Gasteiger partial charge on any atom is 0.265 e. The van der Waals surface area contributed by atoms with E-state index in [1.807, 2.05) is 39.0 Å². The highest BCUT2D eigenvalue weighted by atomic mass is 16.2. The van der Waals surface area contributed by atoms with Gasteiger partial charge >= 0.3 is 0 Å². The first kappa shape index (κ1) is 18.5. The molecule has 2 rings (SSSR count). The summed E-state index contributed by atoms with van der Waals surface area (Å²) in [4.78, 5) is 25.2. The van der Waals surface area contributed by atoms with Crippen LogP contribution in [0.4, 0.5) is 0 Å². The number of carbonyl (C=O) groups excluding carboxylic acids is 2. The molecule has 132 valence electrons. The van der Waals surface area contributed by atoms with Crippen LogP contribution in [-0.2, 0) is 4.79 Å². The van der Waals surface area contributed by atoms with Gasteiger partial charge in [0.1, 0.15) is 5.54 Å². The van der Waals surface area contributed by atoms with Gasteiger partial charge in [-0.2, -0.15) is 0 Å². The number of carbonyl (C=O) groups is 2. The van der Waals surface area contributed by atoms with Crippen molar-refractivity contribution in [3.05, 3.63) is 35.9 Å². The molecule has 5 heteroatoms. The fourth-order valence-electron chi connectivity index (χ4n) is 2.96. The molecule has 3 N–H and O–H groups in total. The van der Waals surface area contributed by atoms with Gasteiger partial charge in [-0.15, -0.1) is 0 Å². The van der Waals surface area contributed by atoms with Gasteiger partial charge in [0, 0.05) is 11.1 Å². The summed E-state index contributed by atoms with van der Waals surface area (Å²) in [6, 6.07) is 9.01. The SMILES string of the molecule is CC1CCC(NNC(=O)c2ccccc2)(C(=O)NC(C)(C)C)CC1. The number of benzene rings is 1. The summed E-state index contributed by atoms with van der Waals surface area (Å²) in [6.07, 6.45) is 3.36. The van der Waals surface area contributed by atoms with Gasteiger partial charge in [-0.25, -0.2) is 5.43 Å². The maximum absolute atomic E-state index is 12.9. The molecule has 0 bridgehead atoms. The van der Waals surface area contributed by atoms with Crippen LogP contribution >= 0.6 is 0 Å². The topological polar surface area (TPSA) is 70.2 Å². The summed E-state index contributed by atoms with van der Waals surface area (Å²) < 4.78 is 0. The highest BCUT2D eigenvalue weighted by Crippen LogP contribution is 2.32. The number of rotatable bonds is 4. The van der Waals surface area contributed by atoms with Crippen molar-refractivity contribution in [1.29, 1.82) is 0 Å². The quantitative estimate of drug-likeness (QED) is 0.743. The zero-order valence-corrected chi connectivity index (χ0v) is 15.1. The highest BCUT2D eigenvalue weighted by Gasteiger charge is 2.42. The van der Waals surface area contributed by atoms with Gasteiger partial charge in [0.2, 0.25) is 5.91 Å². The molecule has 1 fully saturated rings. The molecule has 0 spiro atoms. The second kappa shape index (κ2) is 7.34. The molecular weight excluding hydrogens is 302 g/mol. The normalized spacial score (nSPS) is 24.2. The van der Waals surface area contributed by atoms with Crippen LogP contribution in [0.2, 0.25) is 0 Å². The summed E-state index contributed by atoms with van der Waals surface area (Å²) >= 11 is 0. The Morgan fingerprint density at radius 1 is 1.08 bits per heavy atom. The van der Waals surface area contributed by atoms with Crippen LogP contribution in [0, 0.1) is 5.92 Å². The average molecular weight is 331 g/mol. The predicted molar refractivity (Wildman–Crippen MR) is 95.3 cm³/mol. The first-order chi connectivity index (χ1) is 11.2. The van der Waals surface area contributed by atoms with Gasteiger partial charge in [0.15, 0.2) is 0 Å². The Kier molecular flexibility index (Phi) is 5.65. The Bertz CT molecular complexity index is 570. The van der Waals surface area contributed by atoms with Crippen molar-refractivity contribution in [1.82, 2.24) is 16.2 Å². The molecule has 0 heterocycles. The Morgan fingerprint density at radius 3 is 2.21 bits per heavy atom. The zero-order chi connectivity index (χ0) is 17.8. The van der Waals surface area contributed by atoms with Gasteiger partial charge in [-0.1, -0.05) is 25.1 Å².